The zero-order valence-electron chi connectivity index (χ0n) is 12.5. The van der Waals surface area contributed by atoms with Crippen molar-refractivity contribution in [1.82, 2.24) is 15.1 Å². The molecule has 0 aliphatic rings. The van der Waals surface area contributed by atoms with Gasteiger partial charge < -0.3 is 5.32 Å². The molecule has 1 aromatic heterocycles. The van der Waals surface area contributed by atoms with Gasteiger partial charge in [-0.15, -0.1) is 0 Å². The van der Waals surface area contributed by atoms with Crippen LogP contribution in [-0.4, -0.2) is 22.2 Å². The van der Waals surface area contributed by atoms with Gasteiger partial charge in [0, 0.05) is 18.2 Å². The zero-order valence-corrected chi connectivity index (χ0v) is 12.5. The molecule has 0 aliphatic carbocycles. The van der Waals surface area contributed by atoms with Crippen molar-refractivity contribution in [2.75, 3.05) is 6.54 Å². The molecule has 21 heavy (non-hydrogen) atoms. The lowest BCUT2D eigenvalue weighted by molar-refractivity contribution is 0.0951. The average Bonchev–Trinajstić information content (AvgIpc) is 2.45. The third-order valence-electron chi connectivity index (χ3n) is 3.38. The van der Waals surface area contributed by atoms with E-state index in [0.717, 1.165) is 16.8 Å². The molecule has 5 heteroatoms. The number of amides is 1. The number of nitrogens with zero attached hydrogens (tertiary/aromatic N) is 2. The van der Waals surface area contributed by atoms with Crippen molar-refractivity contribution in [1.29, 1.82) is 0 Å². The first-order valence-electron chi connectivity index (χ1n) is 6.87. The van der Waals surface area contributed by atoms with Gasteiger partial charge in [-0.25, -0.2) is 4.68 Å². The quantitative estimate of drug-likeness (QED) is 0.928. The summed E-state index contributed by atoms with van der Waals surface area (Å²) in [7, 11) is 0. The van der Waals surface area contributed by atoms with Gasteiger partial charge in [0.1, 0.15) is 0 Å². The molecule has 110 valence electrons. The Morgan fingerprint density at radius 3 is 2.62 bits per heavy atom. The molecule has 2 aromatic rings. The molecule has 0 saturated carbocycles. The predicted octanol–water partition coefficient (Wildman–Crippen LogP) is 1.60. The minimum absolute atomic E-state index is 0.140. The maximum Gasteiger partial charge on any atom is 0.266 e. The number of nitrogens with one attached hydrogen (secondary N) is 1. The third-order valence-corrected chi connectivity index (χ3v) is 3.38. The molecule has 1 heterocycles. The second kappa shape index (κ2) is 6.35. The molecule has 1 N–H and O–H groups in total. The first-order chi connectivity index (χ1) is 9.97. The van der Waals surface area contributed by atoms with Crippen molar-refractivity contribution in [3.05, 3.63) is 63.1 Å². The van der Waals surface area contributed by atoms with Crippen LogP contribution in [0.25, 0.3) is 0 Å². The Kier molecular flexibility index (Phi) is 4.52. The summed E-state index contributed by atoms with van der Waals surface area (Å²) in [6, 6.07) is 8.74. The Morgan fingerprint density at radius 2 is 1.90 bits per heavy atom. The van der Waals surface area contributed by atoms with Gasteiger partial charge in [-0.3, -0.25) is 9.59 Å². The standard InChI is InChI=1S/C16H19N3O2/c1-11-4-6-14(10-12(11)2)16(21)17-8-9-19-15(20)7-5-13(3)18-19/h4-7,10H,8-9H2,1-3H3,(H,17,21). The van der Waals surface area contributed by atoms with Gasteiger partial charge in [0.15, 0.2) is 0 Å². The summed E-state index contributed by atoms with van der Waals surface area (Å²) in [6.07, 6.45) is 0. The summed E-state index contributed by atoms with van der Waals surface area (Å²) < 4.78 is 1.36. The fourth-order valence-electron chi connectivity index (χ4n) is 1.97. The minimum Gasteiger partial charge on any atom is -0.350 e. The van der Waals surface area contributed by atoms with E-state index in [-0.39, 0.29) is 11.5 Å². The molecule has 0 saturated heterocycles. The van der Waals surface area contributed by atoms with Crippen LogP contribution in [0.4, 0.5) is 0 Å². The van der Waals surface area contributed by atoms with Crippen LogP contribution in [0.15, 0.2) is 35.1 Å². The van der Waals surface area contributed by atoms with Crippen LogP contribution in [0.5, 0.6) is 0 Å². The number of carbonyl (C=O) groups excluding carboxylic acids is 1. The Balaban J connectivity index is 1.96. The highest BCUT2D eigenvalue weighted by atomic mass is 16.1. The largest absolute Gasteiger partial charge is 0.350 e. The van der Waals surface area contributed by atoms with E-state index in [4.69, 9.17) is 0 Å². The van der Waals surface area contributed by atoms with Gasteiger partial charge in [0.25, 0.3) is 11.5 Å². The van der Waals surface area contributed by atoms with Crippen LogP contribution in [0, 0.1) is 20.8 Å². The summed E-state index contributed by atoms with van der Waals surface area (Å²) >= 11 is 0. The first kappa shape index (κ1) is 15.0. The maximum absolute atomic E-state index is 12.0. The van der Waals surface area contributed by atoms with E-state index in [9.17, 15) is 9.59 Å². The topological polar surface area (TPSA) is 64.0 Å². The molecule has 2 rings (SSSR count). The highest BCUT2D eigenvalue weighted by molar-refractivity contribution is 5.94. The number of rotatable bonds is 4. The molecule has 0 unspecified atom stereocenters. The second-order valence-corrected chi connectivity index (χ2v) is 5.09. The van der Waals surface area contributed by atoms with Crippen LogP contribution >= 0.6 is 0 Å². The van der Waals surface area contributed by atoms with E-state index in [1.54, 1.807) is 12.1 Å². The Hall–Kier alpha value is -2.43. The van der Waals surface area contributed by atoms with Gasteiger partial charge >= 0.3 is 0 Å². The summed E-state index contributed by atoms with van der Waals surface area (Å²) in [5, 5.41) is 6.92. The van der Waals surface area contributed by atoms with Crippen LogP contribution in [0.2, 0.25) is 0 Å². The van der Waals surface area contributed by atoms with E-state index in [1.165, 1.54) is 10.7 Å². The third kappa shape index (κ3) is 3.78. The van der Waals surface area contributed by atoms with Crippen molar-refractivity contribution in [2.45, 2.75) is 27.3 Å². The van der Waals surface area contributed by atoms with Crippen molar-refractivity contribution in [3.63, 3.8) is 0 Å². The van der Waals surface area contributed by atoms with Crippen molar-refractivity contribution in [2.24, 2.45) is 0 Å². The average molecular weight is 285 g/mol. The van der Waals surface area contributed by atoms with Gasteiger partial charge in [-0.05, 0) is 50.1 Å². The number of hydrogen-bond donors (Lipinski definition) is 1. The Morgan fingerprint density at radius 1 is 1.14 bits per heavy atom. The lowest BCUT2D eigenvalue weighted by Gasteiger charge is -2.08. The molecule has 0 aliphatic heterocycles. The van der Waals surface area contributed by atoms with Gasteiger partial charge in [-0.1, -0.05) is 6.07 Å². The Labute approximate surface area is 123 Å². The number of hydrogen-bond acceptors (Lipinski definition) is 3. The van der Waals surface area contributed by atoms with E-state index in [0.29, 0.717) is 18.7 Å². The van der Waals surface area contributed by atoms with Crippen molar-refractivity contribution < 1.29 is 4.79 Å². The molecule has 0 fully saturated rings. The van der Waals surface area contributed by atoms with Gasteiger partial charge in [0.2, 0.25) is 0 Å². The monoisotopic (exact) mass is 285 g/mol. The first-order valence-corrected chi connectivity index (χ1v) is 6.87. The molecule has 0 radical (unpaired) electrons. The number of benzene rings is 1. The zero-order chi connectivity index (χ0) is 15.4. The molecule has 1 amide bonds. The maximum atomic E-state index is 12.0. The Bertz CT molecular complexity index is 720. The summed E-state index contributed by atoms with van der Waals surface area (Å²) in [4.78, 5) is 23.6. The van der Waals surface area contributed by atoms with Crippen LogP contribution < -0.4 is 10.9 Å². The summed E-state index contributed by atoms with van der Waals surface area (Å²) in [6.45, 7) is 6.53. The van der Waals surface area contributed by atoms with Crippen molar-refractivity contribution >= 4 is 5.91 Å². The van der Waals surface area contributed by atoms with E-state index in [1.807, 2.05) is 32.9 Å². The lowest BCUT2D eigenvalue weighted by Crippen LogP contribution is -2.32. The molecule has 0 bridgehead atoms. The van der Waals surface area contributed by atoms with Gasteiger partial charge in [0.05, 0.1) is 12.2 Å². The highest BCUT2D eigenvalue weighted by Crippen LogP contribution is 2.09. The second-order valence-electron chi connectivity index (χ2n) is 5.09. The smallest absolute Gasteiger partial charge is 0.266 e. The van der Waals surface area contributed by atoms with E-state index >= 15 is 0 Å². The van der Waals surface area contributed by atoms with Gasteiger partial charge in [-0.2, -0.15) is 5.10 Å². The lowest BCUT2D eigenvalue weighted by atomic mass is 10.1. The molecular weight excluding hydrogens is 266 g/mol. The van der Waals surface area contributed by atoms with Crippen LogP contribution in [0.3, 0.4) is 0 Å². The molecule has 0 atom stereocenters. The number of carbonyl (C=O) groups is 1. The van der Waals surface area contributed by atoms with Crippen LogP contribution in [0.1, 0.15) is 27.2 Å². The van der Waals surface area contributed by atoms with Crippen molar-refractivity contribution in [3.8, 4) is 0 Å². The van der Waals surface area contributed by atoms with Crippen LogP contribution in [-0.2, 0) is 6.54 Å². The molecular formula is C16H19N3O2. The fraction of sp³-hybridized carbons (Fsp3) is 0.312. The van der Waals surface area contributed by atoms with E-state index in [2.05, 4.69) is 10.4 Å². The van der Waals surface area contributed by atoms with E-state index < -0.39 is 0 Å². The highest BCUT2D eigenvalue weighted by Gasteiger charge is 2.06. The molecule has 0 spiro atoms. The minimum atomic E-state index is -0.166. The molecule has 1 aromatic carbocycles. The predicted molar refractivity (Wildman–Crippen MR) is 81.5 cm³/mol. The normalized spacial score (nSPS) is 10.4. The number of aromatic nitrogens is 2. The summed E-state index contributed by atoms with van der Waals surface area (Å²) in [5.74, 6) is -0.140. The SMILES string of the molecule is Cc1ccc(=O)n(CCNC(=O)c2ccc(C)c(C)c2)n1. The summed E-state index contributed by atoms with van der Waals surface area (Å²) in [5.41, 5.74) is 3.47. The molecule has 5 nitrogen and oxygen atoms in total. The fourth-order valence-corrected chi connectivity index (χ4v) is 1.97. The number of aryl methyl sites for hydroxylation is 3.